The summed E-state index contributed by atoms with van der Waals surface area (Å²) in [4.78, 5) is 24.5. The number of carboxylic acids is 1. The third-order valence-electron chi connectivity index (χ3n) is 3.86. The Morgan fingerprint density at radius 2 is 2.05 bits per heavy atom. The van der Waals surface area contributed by atoms with Crippen molar-refractivity contribution in [3.63, 3.8) is 0 Å². The van der Waals surface area contributed by atoms with E-state index in [-0.39, 0.29) is 18.5 Å². The third kappa shape index (κ3) is 3.18. The Bertz CT molecular complexity index is 532. The van der Waals surface area contributed by atoms with Crippen LogP contribution in [0.15, 0.2) is 0 Å². The molecule has 0 aliphatic heterocycles. The third-order valence-corrected chi connectivity index (χ3v) is 3.86. The largest absolute Gasteiger partial charge is 0.480 e. The van der Waals surface area contributed by atoms with Gasteiger partial charge < -0.3 is 10.0 Å². The number of rotatable bonds is 6. The maximum Gasteiger partial charge on any atom is 0.323 e. The fourth-order valence-corrected chi connectivity index (χ4v) is 2.51. The van der Waals surface area contributed by atoms with Gasteiger partial charge in [0.05, 0.1) is 5.69 Å². The number of aliphatic carboxylic acids is 1. The highest BCUT2D eigenvalue weighted by Crippen LogP contribution is 2.27. The minimum Gasteiger partial charge on any atom is -0.480 e. The van der Waals surface area contributed by atoms with E-state index in [4.69, 9.17) is 5.11 Å². The molecule has 20 heavy (non-hydrogen) atoms. The molecule has 0 spiro atoms. The van der Waals surface area contributed by atoms with E-state index in [0.717, 1.165) is 29.8 Å². The lowest BCUT2D eigenvalue weighted by molar-refractivity contribution is -0.144. The number of hydrogen-bond acceptors (Lipinski definition) is 3. The minimum absolute atomic E-state index is 0.0717. The number of aryl methyl sites for hydroxylation is 2. The van der Waals surface area contributed by atoms with Gasteiger partial charge >= 0.3 is 5.97 Å². The molecule has 0 aromatic carbocycles. The van der Waals surface area contributed by atoms with E-state index in [1.807, 2.05) is 25.6 Å². The van der Waals surface area contributed by atoms with E-state index in [1.165, 1.54) is 4.90 Å². The van der Waals surface area contributed by atoms with E-state index in [0.29, 0.717) is 12.8 Å². The van der Waals surface area contributed by atoms with Crippen LogP contribution in [0.5, 0.6) is 0 Å². The second-order valence-electron chi connectivity index (χ2n) is 5.42. The average molecular weight is 279 g/mol. The predicted molar refractivity (Wildman–Crippen MR) is 73.4 cm³/mol. The molecule has 1 N–H and O–H groups in total. The SMILES string of the molecule is Cc1nn(C)c(C)c1CCC(=O)N(CC(=O)O)C1CC1. The van der Waals surface area contributed by atoms with E-state index < -0.39 is 5.97 Å². The van der Waals surface area contributed by atoms with E-state index in [2.05, 4.69) is 5.10 Å². The topological polar surface area (TPSA) is 75.4 Å². The molecule has 1 saturated carbocycles. The van der Waals surface area contributed by atoms with E-state index >= 15 is 0 Å². The average Bonchev–Trinajstić information content (AvgIpc) is 3.15. The molecule has 1 fully saturated rings. The van der Waals surface area contributed by atoms with Crippen LogP contribution in [0.4, 0.5) is 0 Å². The van der Waals surface area contributed by atoms with Crippen LogP contribution in [0, 0.1) is 13.8 Å². The Morgan fingerprint density at radius 3 is 2.50 bits per heavy atom. The van der Waals surface area contributed by atoms with Crippen LogP contribution in [0.2, 0.25) is 0 Å². The Hall–Kier alpha value is -1.85. The van der Waals surface area contributed by atoms with Gasteiger partial charge in [0.15, 0.2) is 0 Å². The lowest BCUT2D eigenvalue weighted by atomic mass is 10.1. The highest BCUT2D eigenvalue weighted by molar-refractivity contribution is 5.82. The molecule has 1 aliphatic carbocycles. The van der Waals surface area contributed by atoms with Crippen LogP contribution in [0.1, 0.15) is 36.2 Å². The first-order valence-corrected chi connectivity index (χ1v) is 6.90. The Morgan fingerprint density at radius 1 is 1.40 bits per heavy atom. The van der Waals surface area contributed by atoms with Crippen molar-refractivity contribution >= 4 is 11.9 Å². The predicted octanol–water partition coefficient (Wildman–Crippen LogP) is 1.05. The normalized spacial score (nSPS) is 14.3. The van der Waals surface area contributed by atoms with Crippen molar-refractivity contribution in [2.45, 2.75) is 45.6 Å². The first-order chi connectivity index (χ1) is 9.40. The number of nitrogens with zero attached hydrogens (tertiary/aromatic N) is 3. The molecular weight excluding hydrogens is 258 g/mol. The van der Waals surface area contributed by atoms with Gasteiger partial charge in [-0.25, -0.2) is 0 Å². The molecule has 110 valence electrons. The quantitative estimate of drug-likeness (QED) is 0.844. The zero-order valence-corrected chi connectivity index (χ0v) is 12.2. The lowest BCUT2D eigenvalue weighted by Gasteiger charge is -2.20. The van der Waals surface area contributed by atoms with Crippen molar-refractivity contribution in [3.05, 3.63) is 17.0 Å². The van der Waals surface area contributed by atoms with Gasteiger partial charge in [-0.2, -0.15) is 5.10 Å². The zero-order valence-electron chi connectivity index (χ0n) is 12.2. The number of hydrogen-bond donors (Lipinski definition) is 1. The fourth-order valence-electron chi connectivity index (χ4n) is 2.51. The van der Waals surface area contributed by atoms with Gasteiger partial charge in [0, 0.05) is 25.2 Å². The van der Waals surface area contributed by atoms with Gasteiger partial charge in [-0.15, -0.1) is 0 Å². The maximum atomic E-state index is 12.2. The highest BCUT2D eigenvalue weighted by atomic mass is 16.4. The van der Waals surface area contributed by atoms with Gasteiger partial charge in [0.2, 0.25) is 5.91 Å². The summed E-state index contributed by atoms with van der Waals surface area (Å²) < 4.78 is 1.81. The molecule has 1 heterocycles. The van der Waals surface area contributed by atoms with Crippen LogP contribution in [0.3, 0.4) is 0 Å². The first kappa shape index (κ1) is 14.6. The zero-order chi connectivity index (χ0) is 14.9. The summed E-state index contributed by atoms with van der Waals surface area (Å²) in [6, 6.07) is 0.134. The molecule has 0 atom stereocenters. The van der Waals surface area contributed by atoms with E-state index in [9.17, 15) is 9.59 Å². The highest BCUT2D eigenvalue weighted by Gasteiger charge is 2.33. The second-order valence-corrected chi connectivity index (χ2v) is 5.42. The van der Waals surface area contributed by atoms with Crippen molar-refractivity contribution in [1.29, 1.82) is 0 Å². The molecule has 0 unspecified atom stereocenters. The maximum absolute atomic E-state index is 12.2. The molecule has 6 nitrogen and oxygen atoms in total. The number of carbonyl (C=O) groups excluding carboxylic acids is 1. The first-order valence-electron chi connectivity index (χ1n) is 6.90. The van der Waals surface area contributed by atoms with Gasteiger partial charge in [-0.3, -0.25) is 14.3 Å². The van der Waals surface area contributed by atoms with Crippen LogP contribution in [-0.2, 0) is 23.1 Å². The minimum atomic E-state index is -0.945. The molecule has 1 aliphatic rings. The molecule has 1 aromatic rings. The number of carboxylic acid groups (broad SMARTS) is 1. The summed E-state index contributed by atoms with van der Waals surface area (Å²) in [5.41, 5.74) is 3.09. The Labute approximate surface area is 118 Å². The van der Waals surface area contributed by atoms with Crippen LogP contribution < -0.4 is 0 Å². The molecule has 0 radical (unpaired) electrons. The number of aromatic nitrogens is 2. The van der Waals surface area contributed by atoms with Crippen molar-refractivity contribution in [3.8, 4) is 0 Å². The van der Waals surface area contributed by atoms with Crippen LogP contribution in [-0.4, -0.2) is 44.3 Å². The van der Waals surface area contributed by atoms with Crippen molar-refractivity contribution < 1.29 is 14.7 Å². The van der Waals surface area contributed by atoms with Crippen molar-refractivity contribution in [1.82, 2.24) is 14.7 Å². The standard InChI is InChI=1S/C14H21N3O3/c1-9-12(10(2)16(3)15-9)6-7-13(18)17(8-14(19)20)11-4-5-11/h11H,4-8H2,1-3H3,(H,19,20). The monoisotopic (exact) mass is 279 g/mol. The summed E-state index contributed by atoms with van der Waals surface area (Å²) >= 11 is 0. The number of carbonyl (C=O) groups is 2. The summed E-state index contributed by atoms with van der Waals surface area (Å²) in [6.45, 7) is 3.73. The van der Waals surface area contributed by atoms with E-state index in [1.54, 1.807) is 0 Å². The Kier molecular flexibility index (Phi) is 4.11. The molecule has 1 amide bonds. The molecule has 0 saturated heterocycles. The van der Waals surface area contributed by atoms with Gasteiger partial charge in [-0.05, 0) is 38.7 Å². The molecular formula is C14H21N3O3. The number of amides is 1. The lowest BCUT2D eigenvalue weighted by Crippen LogP contribution is -2.37. The molecule has 2 rings (SSSR count). The molecule has 6 heteroatoms. The van der Waals surface area contributed by atoms with Gasteiger partial charge in [0.1, 0.15) is 6.54 Å². The van der Waals surface area contributed by atoms with Crippen LogP contribution >= 0.6 is 0 Å². The summed E-state index contributed by atoms with van der Waals surface area (Å²) in [7, 11) is 1.88. The molecule has 0 bridgehead atoms. The summed E-state index contributed by atoms with van der Waals surface area (Å²) in [6.07, 6.45) is 2.80. The Balaban J connectivity index is 1.98. The van der Waals surface area contributed by atoms with Crippen molar-refractivity contribution in [2.24, 2.45) is 7.05 Å². The van der Waals surface area contributed by atoms with Crippen molar-refractivity contribution in [2.75, 3.05) is 6.54 Å². The van der Waals surface area contributed by atoms with Gasteiger partial charge in [0.25, 0.3) is 0 Å². The molecule has 1 aromatic heterocycles. The van der Waals surface area contributed by atoms with Crippen LogP contribution in [0.25, 0.3) is 0 Å². The second kappa shape index (κ2) is 5.64. The smallest absolute Gasteiger partial charge is 0.323 e. The summed E-state index contributed by atoms with van der Waals surface area (Å²) in [5, 5.41) is 13.2. The fraction of sp³-hybridized carbons (Fsp3) is 0.643. The van der Waals surface area contributed by atoms with Gasteiger partial charge in [-0.1, -0.05) is 0 Å². The summed E-state index contributed by atoms with van der Waals surface area (Å²) in [5.74, 6) is -1.02.